The molecule has 1 saturated heterocycles. The molecule has 11 nitrogen and oxygen atoms in total. The molecule has 0 radical (unpaired) electrons. The second kappa shape index (κ2) is 9.74. The summed E-state index contributed by atoms with van der Waals surface area (Å²) in [7, 11) is 5.26. The van der Waals surface area contributed by atoms with E-state index < -0.39 is 58.0 Å². The standard InChI is InChI=1S/C28H36N4O7/c1-31(2)22-17-11-14-10-16-13(12-30-15-6-8-32(3)9-7-15)4-5-18(33)20(16)23(34)19(14)25(36)28(17,39)26(37)21(24(22)35)27(29)38/h4-5,14-15,17,22,30,33-34,37,39H,6-12H2,1-3H3,(H2,29,38). The van der Waals surface area contributed by atoms with Gasteiger partial charge < -0.3 is 36.4 Å². The van der Waals surface area contributed by atoms with Crippen molar-refractivity contribution in [2.24, 2.45) is 17.6 Å². The van der Waals surface area contributed by atoms with E-state index in [1.165, 1.54) is 11.0 Å². The topological polar surface area (TPSA) is 177 Å². The lowest BCUT2D eigenvalue weighted by atomic mass is 9.57. The highest BCUT2D eigenvalue weighted by atomic mass is 16.3. The number of piperidine rings is 1. The van der Waals surface area contributed by atoms with Crippen LogP contribution in [0.4, 0.5) is 0 Å². The Kier molecular flexibility index (Phi) is 6.82. The number of amides is 1. The summed E-state index contributed by atoms with van der Waals surface area (Å²) in [4.78, 5) is 43.0. The number of primary amides is 1. The number of Topliss-reactive ketones (excluding diaryl/α,β-unsaturated/α-hetero) is 2. The molecule has 4 atom stereocenters. The van der Waals surface area contributed by atoms with Gasteiger partial charge >= 0.3 is 0 Å². The summed E-state index contributed by atoms with van der Waals surface area (Å²) < 4.78 is 0. The minimum atomic E-state index is -2.63. The van der Waals surface area contributed by atoms with Crippen molar-refractivity contribution in [2.45, 2.75) is 49.9 Å². The van der Waals surface area contributed by atoms with Crippen LogP contribution < -0.4 is 11.1 Å². The van der Waals surface area contributed by atoms with Crippen molar-refractivity contribution >= 4 is 23.2 Å². The highest BCUT2D eigenvalue weighted by molar-refractivity contribution is 6.24. The van der Waals surface area contributed by atoms with Gasteiger partial charge in [0.2, 0.25) is 5.78 Å². The third kappa shape index (κ3) is 4.15. The number of nitrogens with zero attached hydrogens (tertiary/aromatic N) is 2. The van der Waals surface area contributed by atoms with Gasteiger partial charge in [0.1, 0.15) is 22.8 Å². The number of rotatable bonds is 5. The minimum absolute atomic E-state index is 0.0727. The molecular weight excluding hydrogens is 504 g/mol. The maximum Gasteiger partial charge on any atom is 0.255 e. The van der Waals surface area contributed by atoms with E-state index in [1.54, 1.807) is 20.2 Å². The minimum Gasteiger partial charge on any atom is -0.508 e. The lowest BCUT2D eigenvalue weighted by Crippen LogP contribution is -2.65. The molecule has 210 valence electrons. The Bertz CT molecular complexity index is 1310. The lowest BCUT2D eigenvalue weighted by molar-refractivity contribution is -0.153. The number of aliphatic hydroxyl groups is 3. The normalized spacial score (nSPS) is 29.9. The quantitative estimate of drug-likeness (QED) is 0.282. The fourth-order valence-electron chi connectivity index (χ4n) is 6.94. The van der Waals surface area contributed by atoms with Crippen molar-refractivity contribution in [2.75, 3.05) is 34.2 Å². The van der Waals surface area contributed by atoms with Crippen molar-refractivity contribution in [3.05, 3.63) is 45.7 Å². The molecule has 1 heterocycles. The van der Waals surface area contributed by atoms with E-state index in [0.29, 0.717) is 18.2 Å². The van der Waals surface area contributed by atoms with Gasteiger partial charge in [0.05, 0.1) is 11.6 Å². The van der Waals surface area contributed by atoms with E-state index in [9.17, 15) is 34.8 Å². The van der Waals surface area contributed by atoms with E-state index in [1.807, 2.05) is 0 Å². The molecule has 1 amide bonds. The number of fused-ring (bicyclic) bond motifs is 3. The van der Waals surface area contributed by atoms with E-state index in [-0.39, 0.29) is 29.7 Å². The van der Waals surface area contributed by atoms with Gasteiger partial charge in [0.15, 0.2) is 11.4 Å². The summed E-state index contributed by atoms with van der Waals surface area (Å²) in [5, 5.41) is 48.3. The van der Waals surface area contributed by atoms with Crippen LogP contribution in [-0.2, 0) is 27.3 Å². The second-order valence-electron chi connectivity index (χ2n) is 11.5. The molecule has 4 aliphatic rings. The number of nitrogens with one attached hydrogen (secondary N) is 1. The number of carbonyl (C=O) groups is 3. The number of phenolic OH excluding ortho intramolecular Hbond substituents is 1. The molecule has 4 unspecified atom stereocenters. The average molecular weight is 541 g/mol. The number of benzene rings is 1. The first-order valence-electron chi connectivity index (χ1n) is 13.3. The van der Waals surface area contributed by atoms with Gasteiger partial charge in [0.25, 0.3) is 5.91 Å². The number of likely N-dealkylation sites (N-methyl/N-ethyl adjacent to an activating group) is 1. The highest BCUT2D eigenvalue weighted by Crippen LogP contribution is 2.52. The van der Waals surface area contributed by atoms with Gasteiger partial charge in [-0.15, -0.1) is 0 Å². The zero-order valence-corrected chi connectivity index (χ0v) is 22.4. The van der Waals surface area contributed by atoms with Crippen molar-refractivity contribution in [3.8, 4) is 5.75 Å². The fourth-order valence-corrected chi connectivity index (χ4v) is 6.94. The van der Waals surface area contributed by atoms with Gasteiger partial charge in [-0.3, -0.25) is 19.3 Å². The van der Waals surface area contributed by atoms with Gasteiger partial charge in [0, 0.05) is 24.1 Å². The maximum absolute atomic E-state index is 13.9. The number of aromatic hydroxyl groups is 1. The molecule has 11 heteroatoms. The number of carbonyl (C=O) groups excluding carboxylic acids is 3. The number of nitrogens with two attached hydrogens (primary N) is 1. The SMILES string of the molecule is CN1CCC(NCc2ccc(O)c3c2CC2CC4C(N(C)C)C(=O)C(C(N)=O)=C(O)C4(O)C(=O)C2=C3O)CC1. The van der Waals surface area contributed by atoms with Crippen LogP contribution in [0.2, 0.25) is 0 Å². The lowest BCUT2D eigenvalue weighted by Gasteiger charge is -2.50. The van der Waals surface area contributed by atoms with Crippen LogP contribution in [0.3, 0.4) is 0 Å². The van der Waals surface area contributed by atoms with Crippen LogP contribution in [0, 0.1) is 11.8 Å². The van der Waals surface area contributed by atoms with E-state index in [0.717, 1.165) is 31.5 Å². The van der Waals surface area contributed by atoms with Gasteiger partial charge in [-0.25, -0.2) is 0 Å². The summed E-state index contributed by atoms with van der Waals surface area (Å²) in [6.45, 7) is 2.51. The summed E-state index contributed by atoms with van der Waals surface area (Å²) >= 11 is 0. The van der Waals surface area contributed by atoms with Gasteiger partial charge in [-0.1, -0.05) is 6.07 Å². The van der Waals surface area contributed by atoms with E-state index in [2.05, 4.69) is 17.3 Å². The molecule has 2 fully saturated rings. The van der Waals surface area contributed by atoms with Crippen LogP contribution in [0.15, 0.2) is 29.0 Å². The molecule has 0 bridgehead atoms. The smallest absolute Gasteiger partial charge is 0.255 e. The van der Waals surface area contributed by atoms with Crippen LogP contribution in [0.1, 0.15) is 36.0 Å². The molecule has 1 saturated carbocycles. The Balaban J connectivity index is 1.57. The zero-order chi connectivity index (χ0) is 28.4. The zero-order valence-electron chi connectivity index (χ0n) is 22.4. The number of likely N-dealkylation sites (tertiary alicyclic amines) is 1. The molecular formula is C28H36N4O7. The van der Waals surface area contributed by atoms with Crippen LogP contribution in [-0.4, -0.2) is 99.6 Å². The number of phenols is 1. The molecule has 3 aliphatic carbocycles. The molecule has 1 aromatic carbocycles. The largest absolute Gasteiger partial charge is 0.508 e. The van der Waals surface area contributed by atoms with Crippen molar-refractivity contribution in [1.29, 1.82) is 0 Å². The number of hydrogen-bond acceptors (Lipinski definition) is 10. The van der Waals surface area contributed by atoms with E-state index in [4.69, 9.17) is 5.73 Å². The summed E-state index contributed by atoms with van der Waals surface area (Å²) in [6, 6.07) is 2.51. The molecule has 0 spiro atoms. The number of ketones is 2. The van der Waals surface area contributed by atoms with Gasteiger partial charge in [-0.2, -0.15) is 0 Å². The Labute approximate surface area is 226 Å². The summed E-state index contributed by atoms with van der Waals surface area (Å²) in [5.41, 5.74) is 3.47. The van der Waals surface area contributed by atoms with Crippen molar-refractivity contribution < 1.29 is 34.8 Å². The molecule has 1 aromatic rings. The van der Waals surface area contributed by atoms with Crippen LogP contribution in [0.5, 0.6) is 5.75 Å². The summed E-state index contributed by atoms with van der Waals surface area (Å²) in [5.74, 6) is -6.45. The third-order valence-corrected chi connectivity index (χ3v) is 9.00. The molecule has 39 heavy (non-hydrogen) atoms. The Morgan fingerprint density at radius 3 is 2.46 bits per heavy atom. The first-order chi connectivity index (χ1) is 18.4. The first-order valence-corrected chi connectivity index (χ1v) is 13.3. The van der Waals surface area contributed by atoms with Gasteiger partial charge in [-0.05, 0) is 83.0 Å². The summed E-state index contributed by atoms with van der Waals surface area (Å²) in [6.07, 6.45) is 2.37. The van der Waals surface area contributed by atoms with Crippen molar-refractivity contribution in [3.63, 3.8) is 0 Å². The number of aliphatic hydroxyl groups excluding tert-OH is 2. The Morgan fingerprint density at radius 2 is 1.85 bits per heavy atom. The van der Waals surface area contributed by atoms with Crippen LogP contribution in [0.25, 0.3) is 5.76 Å². The molecule has 1 aliphatic heterocycles. The van der Waals surface area contributed by atoms with E-state index >= 15 is 0 Å². The monoisotopic (exact) mass is 540 g/mol. The molecule has 0 aromatic heterocycles. The Morgan fingerprint density at radius 1 is 1.18 bits per heavy atom. The second-order valence-corrected chi connectivity index (χ2v) is 11.5. The first kappa shape index (κ1) is 27.3. The van der Waals surface area contributed by atoms with Crippen LogP contribution >= 0.6 is 0 Å². The molecule has 5 rings (SSSR count). The number of hydrogen-bond donors (Lipinski definition) is 6. The highest BCUT2D eigenvalue weighted by Gasteiger charge is 2.64. The average Bonchev–Trinajstić information content (AvgIpc) is 2.86. The predicted octanol–water partition coefficient (Wildman–Crippen LogP) is 0.148. The Hall–Kier alpha value is -3.25. The van der Waals surface area contributed by atoms with Crippen molar-refractivity contribution in [1.82, 2.24) is 15.1 Å². The third-order valence-electron chi connectivity index (χ3n) is 9.00. The maximum atomic E-state index is 13.9. The predicted molar refractivity (Wildman–Crippen MR) is 142 cm³/mol. The fraction of sp³-hybridized carbons (Fsp3) is 0.536. The molecule has 7 N–H and O–H groups in total.